The zero-order valence-electron chi connectivity index (χ0n) is 11.4. The van der Waals surface area contributed by atoms with Gasteiger partial charge in [0, 0.05) is 25.8 Å². The van der Waals surface area contributed by atoms with Gasteiger partial charge in [-0.2, -0.15) is 0 Å². The Labute approximate surface area is 112 Å². The number of hydrogen-bond donors (Lipinski definition) is 0. The zero-order chi connectivity index (χ0) is 13.7. The number of morpholine rings is 1. The van der Waals surface area contributed by atoms with Crippen molar-refractivity contribution in [3.8, 4) is 0 Å². The van der Waals surface area contributed by atoms with Crippen molar-refractivity contribution in [3.05, 3.63) is 23.3 Å². The van der Waals surface area contributed by atoms with E-state index in [2.05, 4.69) is 14.9 Å². The third-order valence-electron chi connectivity index (χ3n) is 2.96. The van der Waals surface area contributed by atoms with Crippen LogP contribution in [0.1, 0.15) is 28.8 Å². The molecule has 0 spiro atoms. The molecule has 2 rings (SSSR count). The van der Waals surface area contributed by atoms with E-state index < -0.39 is 0 Å². The normalized spacial score (nSPS) is 16.3. The molecule has 19 heavy (non-hydrogen) atoms. The molecule has 0 aliphatic carbocycles. The fourth-order valence-electron chi connectivity index (χ4n) is 1.99. The number of carbonyl (C=O) groups is 1. The van der Waals surface area contributed by atoms with Crippen LogP contribution in [0.15, 0.2) is 6.20 Å². The molecule has 6 nitrogen and oxygen atoms in total. The second-order valence-corrected chi connectivity index (χ2v) is 4.39. The van der Waals surface area contributed by atoms with E-state index in [4.69, 9.17) is 9.47 Å². The van der Waals surface area contributed by atoms with Gasteiger partial charge < -0.3 is 9.47 Å². The highest BCUT2D eigenvalue weighted by Crippen LogP contribution is 2.11. The number of ether oxygens (including phenoxy) is 2. The Morgan fingerprint density at radius 3 is 2.89 bits per heavy atom. The summed E-state index contributed by atoms with van der Waals surface area (Å²) in [6.45, 7) is 7.73. The summed E-state index contributed by atoms with van der Waals surface area (Å²) in [6, 6.07) is 0. The maximum Gasteiger partial charge on any atom is 0.341 e. The second kappa shape index (κ2) is 6.58. The molecule has 2 heterocycles. The summed E-state index contributed by atoms with van der Waals surface area (Å²) in [5, 5.41) is 0. The first-order valence-corrected chi connectivity index (χ1v) is 6.50. The molecular formula is C13H19N3O3. The van der Waals surface area contributed by atoms with E-state index in [1.54, 1.807) is 13.1 Å². The molecule has 0 unspecified atom stereocenters. The van der Waals surface area contributed by atoms with Gasteiger partial charge in [-0.25, -0.2) is 14.8 Å². The van der Waals surface area contributed by atoms with Crippen LogP contribution in [-0.4, -0.2) is 53.7 Å². The van der Waals surface area contributed by atoms with Crippen LogP contribution in [0.25, 0.3) is 0 Å². The Morgan fingerprint density at radius 2 is 2.21 bits per heavy atom. The van der Waals surface area contributed by atoms with Crippen molar-refractivity contribution < 1.29 is 14.3 Å². The molecule has 1 aliphatic heterocycles. The number of rotatable bonds is 4. The van der Waals surface area contributed by atoms with Crippen LogP contribution >= 0.6 is 0 Å². The van der Waals surface area contributed by atoms with E-state index in [-0.39, 0.29) is 5.97 Å². The van der Waals surface area contributed by atoms with E-state index >= 15 is 0 Å². The highest BCUT2D eigenvalue weighted by atomic mass is 16.5. The van der Waals surface area contributed by atoms with Crippen molar-refractivity contribution in [3.63, 3.8) is 0 Å². The Morgan fingerprint density at radius 1 is 1.47 bits per heavy atom. The topological polar surface area (TPSA) is 64.5 Å². The molecule has 1 aromatic heterocycles. The molecule has 1 aliphatic rings. The summed E-state index contributed by atoms with van der Waals surface area (Å²) in [5.74, 6) is 0.307. The number of carbonyl (C=O) groups excluding carboxylic acids is 1. The predicted molar refractivity (Wildman–Crippen MR) is 68.8 cm³/mol. The highest BCUT2D eigenvalue weighted by Gasteiger charge is 2.19. The molecule has 0 saturated carbocycles. The lowest BCUT2D eigenvalue weighted by Crippen LogP contribution is -2.36. The van der Waals surface area contributed by atoms with Crippen LogP contribution in [0, 0.1) is 6.92 Å². The summed E-state index contributed by atoms with van der Waals surface area (Å²) >= 11 is 0. The SMILES string of the molecule is CCOC(=O)c1cnc(C)nc1CN1CCOCC1. The molecule has 0 atom stereocenters. The van der Waals surface area contributed by atoms with Gasteiger partial charge >= 0.3 is 5.97 Å². The minimum absolute atomic E-state index is 0.351. The van der Waals surface area contributed by atoms with Gasteiger partial charge in [-0.05, 0) is 13.8 Å². The van der Waals surface area contributed by atoms with Gasteiger partial charge in [0.25, 0.3) is 0 Å². The lowest BCUT2D eigenvalue weighted by atomic mass is 10.2. The number of nitrogens with zero attached hydrogens (tertiary/aromatic N) is 3. The Hall–Kier alpha value is -1.53. The van der Waals surface area contributed by atoms with Crippen molar-refractivity contribution in [1.82, 2.24) is 14.9 Å². The molecule has 0 aromatic carbocycles. The fourth-order valence-corrected chi connectivity index (χ4v) is 1.99. The molecule has 0 bridgehead atoms. The van der Waals surface area contributed by atoms with Gasteiger partial charge in [-0.3, -0.25) is 4.90 Å². The average Bonchev–Trinajstić information content (AvgIpc) is 2.40. The Kier molecular flexibility index (Phi) is 4.81. The lowest BCUT2D eigenvalue weighted by Gasteiger charge is -2.26. The van der Waals surface area contributed by atoms with Crippen molar-refractivity contribution >= 4 is 5.97 Å². The van der Waals surface area contributed by atoms with E-state index in [9.17, 15) is 4.79 Å². The summed E-state index contributed by atoms with van der Waals surface area (Å²) in [6.07, 6.45) is 1.55. The molecule has 1 saturated heterocycles. The van der Waals surface area contributed by atoms with Crippen molar-refractivity contribution in [2.75, 3.05) is 32.9 Å². The molecule has 104 valence electrons. The van der Waals surface area contributed by atoms with E-state index in [0.717, 1.165) is 32.0 Å². The van der Waals surface area contributed by atoms with E-state index in [1.807, 2.05) is 6.92 Å². The average molecular weight is 265 g/mol. The van der Waals surface area contributed by atoms with Crippen LogP contribution in [0.3, 0.4) is 0 Å². The van der Waals surface area contributed by atoms with Crippen LogP contribution in [0.4, 0.5) is 0 Å². The van der Waals surface area contributed by atoms with Gasteiger partial charge in [0.1, 0.15) is 11.4 Å². The first-order chi connectivity index (χ1) is 9.20. The molecule has 6 heteroatoms. The Balaban J connectivity index is 2.16. The smallest absolute Gasteiger partial charge is 0.341 e. The van der Waals surface area contributed by atoms with Gasteiger partial charge in [0.15, 0.2) is 0 Å². The maximum atomic E-state index is 11.9. The molecule has 1 fully saturated rings. The van der Waals surface area contributed by atoms with Crippen LogP contribution in [0.5, 0.6) is 0 Å². The van der Waals surface area contributed by atoms with Gasteiger partial charge in [0.2, 0.25) is 0 Å². The van der Waals surface area contributed by atoms with Crippen molar-refractivity contribution in [2.45, 2.75) is 20.4 Å². The van der Waals surface area contributed by atoms with E-state index in [1.165, 1.54) is 0 Å². The summed E-state index contributed by atoms with van der Waals surface area (Å²) in [7, 11) is 0. The quantitative estimate of drug-likeness (QED) is 0.750. The first kappa shape index (κ1) is 13.9. The molecule has 0 radical (unpaired) electrons. The van der Waals surface area contributed by atoms with Gasteiger partial charge in [-0.1, -0.05) is 0 Å². The lowest BCUT2D eigenvalue weighted by molar-refractivity contribution is 0.0330. The maximum absolute atomic E-state index is 11.9. The van der Waals surface area contributed by atoms with Gasteiger partial charge in [0.05, 0.1) is 25.5 Å². The minimum atomic E-state index is -0.356. The molecule has 0 N–H and O–H groups in total. The third kappa shape index (κ3) is 3.71. The summed E-state index contributed by atoms with van der Waals surface area (Å²) in [5.41, 5.74) is 1.19. The van der Waals surface area contributed by atoms with Crippen molar-refractivity contribution in [2.24, 2.45) is 0 Å². The first-order valence-electron chi connectivity index (χ1n) is 6.50. The number of aryl methyl sites for hydroxylation is 1. The number of esters is 1. The fraction of sp³-hybridized carbons (Fsp3) is 0.615. The largest absolute Gasteiger partial charge is 0.462 e. The number of aromatic nitrogens is 2. The van der Waals surface area contributed by atoms with Crippen LogP contribution in [0.2, 0.25) is 0 Å². The minimum Gasteiger partial charge on any atom is -0.462 e. The van der Waals surface area contributed by atoms with Gasteiger partial charge in [-0.15, -0.1) is 0 Å². The summed E-state index contributed by atoms with van der Waals surface area (Å²) < 4.78 is 10.3. The van der Waals surface area contributed by atoms with Crippen LogP contribution in [-0.2, 0) is 16.0 Å². The van der Waals surface area contributed by atoms with E-state index in [0.29, 0.717) is 24.5 Å². The number of hydrogen-bond acceptors (Lipinski definition) is 6. The standard InChI is InChI=1S/C13H19N3O3/c1-3-19-13(17)11-8-14-10(2)15-12(11)9-16-4-6-18-7-5-16/h8H,3-7,9H2,1-2H3. The monoisotopic (exact) mass is 265 g/mol. The van der Waals surface area contributed by atoms with Crippen LogP contribution < -0.4 is 0 Å². The highest BCUT2D eigenvalue weighted by molar-refractivity contribution is 5.90. The second-order valence-electron chi connectivity index (χ2n) is 4.39. The third-order valence-corrected chi connectivity index (χ3v) is 2.96. The predicted octanol–water partition coefficient (Wildman–Crippen LogP) is 0.794. The summed E-state index contributed by atoms with van der Waals surface area (Å²) in [4.78, 5) is 22.5. The molecule has 1 aromatic rings. The zero-order valence-corrected chi connectivity index (χ0v) is 11.4. The molecule has 0 amide bonds. The van der Waals surface area contributed by atoms with Crippen molar-refractivity contribution in [1.29, 1.82) is 0 Å². The molecular weight excluding hydrogens is 246 g/mol. The Bertz CT molecular complexity index is 445.